The summed E-state index contributed by atoms with van der Waals surface area (Å²) in [5.41, 5.74) is 11.2. The summed E-state index contributed by atoms with van der Waals surface area (Å²) in [4.78, 5) is 9.71. The van der Waals surface area contributed by atoms with Gasteiger partial charge in [0.2, 0.25) is 0 Å². The normalized spacial score (nSPS) is 11.5. The Kier molecular flexibility index (Phi) is 7.52. The predicted octanol–water partition coefficient (Wildman–Crippen LogP) is 13.9. The lowest BCUT2D eigenvalue weighted by molar-refractivity contribution is 1.19. The Hall–Kier alpha value is -6.27. The molecule has 10 rings (SSSR count). The van der Waals surface area contributed by atoms with E-state index in [1.165, 1.54) is 52.2 Å². The van der Waals surface area contributed by atoms with Crippen LogP contribution in [0.4, 0.5) is 17.1 Å². The summed E-state index contributed by atoms with van der Waals surface area (Å²) in [6, 6.07) is 63.4. The molecule has 6 aromatic carbocycles. The number of aromatic nitrogens is 2. The van der Waals surface area contributed by atoms with Crippen molar-refractivity contribution in [3.8, 4) is 43.3 Å². The molecule has 4 heterocycles. The molecule has 0 unspecified atom stereocenters. The molecule has 0 atom stereocenters. The fraction of sp³-hybridized carbons (Fsp3) is 0. The lowest BCUT2D eigenvalue weighted by Crippen LogP contribution is -2.09. The van der Waals surface area contributed by atoms with E-state index in [0.29, 0.717) is 0 Å². The third-order valence-electron chi connectivity index (χ3n) is 9.67. The first-order valence-corrected chi connectivity index (χ1v) is 19.0. The van der Waals surface area contributed by atoms with Gasteiger partial charge < -0.3 is 9.30 Å². The van der Waals surface area contributed by atoms with Gasteiger partial charge in [0.05, 0.1) is 5.69 Å². The standard InChI is InChI=1S/C47H31N3S2/c1-3-9-43-37(7-1)29-45(51-43)35-18-24-40(25-19-35)50(41-26-20-36(21-27-41)46-30-38-8-2-4-10-44(38)52-46)39-22-16-33(17-23-39)32-12-14-34(15-13-32)42-31-49-28-6-5-11-47(49)48-42/h1-31H. The smallest absolute Gasteiger partial charge is 0.137 e. The van der Waals surface area contributed by atoms with Crippen molar-refractivity contribution in [1.82, 2.24) is 9.38 Å². The van der Waals surface area contributed by atoms with E-state index in [9.17, 15) is 0 Å². The molecule has 0 aliphatic heterocycles. The first-order valence-electron chi connectivity index (χ1n) is 17.3. The lowest BCUT2D eigenvalue weighted by atomic mass is 10.0. The molecule has 0 saturated heterocycles. The molecule has 0 aliphatic rings. The molecule has 0 radical (unpaired) electrons. The molecule has 0 spiro atoms. The molecule has 0 N–H and O–H groups in total. The molecule has 4 aromatic heterocycles. The first kappa shape index (κ1) is 30.5. The van der Waals surface area contributed by atoms with Crippen LogP contribution in [0.15, 0.2) is 188 Å². The van der Waals surface area contributed by atoms with E-state index in [4.69, 9.17) is 4.98 Å². The maximum Gasteiger partial charge on any atom is 0.137 e. The molecular formula is C47H31N3S2. The van der Waals surface area contributed by atoms with Crippen LogP contribution in [-0.4, -0.2) is 9.38 Å². The van der Waals surface area contributed by atoms with Gasteiger partial charge in [-0.15, -0.1) is 22.7 Å². The number of hydrogen-bond donors (Lipinski definition) is 0. The summed E-state index contributed by atoms with van der Waals surface area (Å²) in [5.74, 6) is 0. The van der Waals surface area contributed by atoms with Crippen molar-refractivity contribution in [2.45, 2.75) is 0 Å². The fourth-order valence-corrected chi connectivity index (χ4v) is 9.09. The van der Waals surface area contributed by atoms with Crippen LogP contribution in [0, 0.1) is 0 Å². The van der Waals surface area contributed by atoms with Gasteiger partial charge in [-0.25, -0.2) is 4.98 Å². The molecule has 3 nitrogen and oxygen atoms in total. The van der Waals surface area contributed by atoms with E-state index < -0.39 is 0 Å². The van der Waals surface area contributed by atoms with Crippen LogP contribution in [0.1, 0.15) is 0 Å². The molecular weight excluding hydrogens is 671 g/mol. The van der Waals surface area contributed by atoms with Crippen molar-refractivity contribution in [3.05, 3.63) is 188 Å². The van der Waals surface area contributed by atoms with Crippen molar-refractivity contribution in [2.24, 2.45) is 0 Å². The van der Waals surface area contributed by atoms with Gasteiger partial charge in [-0.3, -0.25) is 0 Å². The lowest BCUT2D eigenvalue weighted by Gasteiger charge is -2.26. The Labute approximate surface area is 310 Å². The van der Waals surface area contributed by atoms with Crippen molar-refractivity contribution in [2.75, 3.05) is 4.90 Å². The second-order valence-corrected chi connectivity index (χ2v) is 15.1. The average molecular weight is 702 g/mol. The van der Waals surface area contributed by atoms with Gasteiger partial charge in [0.15, 0.2) is 0 Å². The average Bonchev–Trinajstić information content (AvgIpc) is 3.96. The van der Waals surface area contributed by atoms with Crippen LogP contribution in [0.25, 0.3) is 69.1 Å². The zero-order chi connectivity index (χ0) is 34.4. The topological polar surface area (TPSA) is 20.5 Å². The third kappa shape index (κ3) is 5.66. The Morgan fingerprint density at radius 3 is 1.37 bits per heavy atom. The van der Waals surface area contributed by atoms with E-state index in [1.807, 2.05) is 47.1 Å². The highest BCUT2D eigenvalue weighted by Crippen LogP contribution is 2.40. The summed E-state index contributed by atoms with van der Waals surface area (Å²) in [5, 5.41) is 2.58. The van der Waals surface area contributed by atoms with Crippen LogP contribution in [0.2, 0.25) is 0 Å². The van der Waals surface area contributed by atoms with Crippen LogP contribution in [0.5, 0.6) is 0 Å². The zero-order valence-corrected chi connectivity index (χ0v) is 29.7. The molecule has 0 saturated carbocycles. The zero-order valence-electron chi connectivity index (χ0n) is 28.1. The van der Waals surface area contributed by atoms with E-state index in [-0.39, 0.29) is 0 Å². The van der Waals surface area contributed by atoms with Crippen LogP contribution < -0.4 is 4.90 Å². The minimum atomic E-state index is 0.950. The summed E-state index contributed by atoms with van der Waals surface area (Å²) in [7, 11) is 0. The predicted molar refractivity (Wildman–Crippen MR) is 222 cm³/mol. The Bertz CT molecular complexity index is 2610. The van der Waals surface area contributed by atoms with Gasteiger partial charge >= 0.3 is 0 Å². The van der Waals surface area contributed by atoms with Crippen molar-refractivity contribution < 1.29 is 0 Å². The molecule has 0 bridgehead atoms. The fourth-order valence-electron chi connectivity index (χ4n) is 6.96. The molecule has 52 heavy (non-hydrogen) atoms. The van der Waals surface area contributed by atoms with E-state index in [1.54, 1.807) is 0 Å². The minimum absolute atomic E-state index is 0.950. The molecule has 0 aliphatic carbocycles. The van der Waals surface area contributed by atoms with Gasteiger partial charge in [0, 0.05) is 54.2 Å². The number of rotatable bonds is 7. The molecule has 10 aromatic rings. The number of benzene rings is 6. The van der Waals surface area contributed by atoms with Crippen molar-refractivity contribution in [3.63, 3.8) is 0 Å². The summed E-state index contributed by atoms with van der Waals surface area (Å²) in [6.45, 7) is 0. The molecule has 0 amide bonds. The monoisotopic (exact) mass is 701 g/mol. The largest absolute Gasteiger partial charge is 0.311 e. The third-order valence-corrected chi connectivity index (χ3v) is 12.0. The number of hydrogen-bond acceptors (Lipinski definition) is 4. The molecule has 5 heteroatoms. The van der Waals surface area contributed by atoms with Gasteiger partial charge in [0.1, 0.15) is 5.65 Å². The molecule has 0 fully saturated rings. The van der Waals surface area contributed by atoms with Crippen LogP contribution in [0.3, 0.4) is 0 Å². The summed E-state index contributed by atoms with van der Waals surface area (Å²) in [6.07, 6.45) is 4.11. The Balaban J connectivity index is 0.980. The van der Waals surface area contributed by atoms with Gasteiger partial charge in [-0.1, -0.05) is 103 Å². The summed E-state index contributed by atoms with van der Waals surface area (Å²) < 4.78 is 4.68. The first-order chi connectivity index (χ1) is 25.7. The highest BCUT2D eigenvalue weighted by Gasteiger charge is 2.15. The highest BCUT2D eigenvalue weighted by molar-refractivity contribution is 7.22. The maximum atomic E-state index is 4.80. The second kappa shape index (κ2) is 12.8. The number of imidazole rings is 1. The number of pyridine rings is 1. The van der Waals surface area contributed by atoms with E-state index in [2.05, 4.69) is 173 Å². The number of nitrogens with zero attached hydrogens (tertiary/aromatic N) is 3. The molecule has 246 valence electrons. The SMILES string of the molecule is c1ccc2sc(-c3ccc(N(c4ccc(-c5ccc(-c6cn7ccccc7n6)cc5)cc4)c4ccc(-c5cc6ccccc6s5)cc4)cc3)cc2c1. The number of thiophene rings is 2. The quantitative estimate of drug-likeness (QED) is 0.165. The number of anilines is 3. The Morgan fingerprint density at radius 1 is 0.423 bits per heavy atom. The second-order valence-electron chi connectivity index (χ2n) is 12.9. The van der Waals surface area contributed by atoms with Crippen molar-refractivity contribution in [1.29, 1.82) is 0 Å². The van der Waals surface area contributed by atoms with E-state index >= 15 is 0 Å². The Morgan fingerprint density at radius 2 is 0.865 bits per heavy atom. The maximum absolute atomic E-state index is 4.80. The van der Waals surface area contributed by atoms with Crippen LogP contribution in [-0.2, 0) is 0 Å². The van der Waals surface area contributed by atoms with E-state index in [0.717, 1.165) is 34.0 Å². The van der Waals surface area contributed by atoms with Crippen LogP contribution >= 0.6 is 22.7 Å². The highest BCUT2D eigenvalue weighted by atomic mass is 32.1. The number of fused-ring (bicyclic) bond motifs is 3. The summed E-state index contributed by atoms with van der Waals surface area (Å²) >= 11 is 3.68. The van der Waals surface area contributed by atoms with Gasteiger partial charge in [-0.2, -0.15) is 0 Å². The van der Waals surface area contributed by atoms with Gasteiger partial charge in [-0.05, 0) is 106 Å². The van der Waals surface area contributed by atoms with Gasteiger partial charge in [0.25, 0.3) is 0 Å². The van der Waals surface area contributed by atoms with Crippen molar-refractivity contribution >= 4 is 65.6 Å². The minimum Gasteiger partial charge on any atom is -0.311 e.